The minimum atomic E-state index is -0.0785. The minimum Gasteiger partial charge on any atom is -0.305 e. The number of nitrogens with zero attached hydrogens (tertiary/aromatic N) is 1. The standard InChI is InChI=1S/C19H17ClN2OS/c1-11-5-4-6-12(9-11)10-14(20)17-21-18(23)16-13-7-2-3-8-15(13)24-19(16)22-17/h4-6,9-10H,2-3,7-8H2,1H3,(H,21,22,23)/b14-10-. The second kappa shape index (κ2) is 6.19. The molecule has 2 aromatic heterocycles. The molecule has 3 nitrogen and oxygen atoms in total. The topological polar surface area (TPSA) is 45.8 Å². The highest BCUT2D eigenvalue weighted by atomic mass is 35.5. The van der Waals surface area contributed by atoms with Crippen molar-refractivity contribution < 1.29 is 0 Å². The molecule has 0 bridgehead atoms. The molecule has 1 aliphatic carbocycles. The van der Waals surface area contributed by atoms with Crippen molar-refractivity contribution in [2.24, 2.45) is 0 Å². The summed E-state index contributed by atoms with van der Waals surface area (Å²) in [7, 11) is 0. The van der Waals surface area contributed by atoms with Crippen molar-refractivity contribution in [1.29, 1.82) is 0 Å². The van der Waals surface area contributed by atoms with Gasteiger partial charge in [-0.2, -0.15) is 0 Å². The number of hydrogen-bond donors (Lipinski definition) is 1. The second-order valence-corrected chi connectivity index (χ2v) is 7.70. The van der Waals surface area contributed by atoms with E-state index < -0.39 is 0 Å². The number of benzene rings is 1. The van der Waals surface area contributed by atoms with Crippen molar-refractivity contribution in [2.75, 3.05) is 0 Å². The smallest absolute Gasteiger partial charge is 0.260 e. The van der Waals surface area contributed by atoms with E-state index in [9.17, 15) is 4.79 Å². The Bertz CT molecular complexity index is 1020. The monoisotopic (exact) mass is 356 g/mol. The molecule has 2 heterocycles. The highest BCUT2D eigenvalue weighted by molar-refractivity contribution is 7.18. The number of nitrogens with one attached hydrogen (secondary N) is 1. The van der Waals surface area contributed by atoms with Crippen LogP contribution in [0.4, 0.5) is 0 Å². The fourth-order valence-electron chi connectivity index (χ4n) is 3.25. The Balaban J connectivity index is 1.81. The Labute approximate surface area is 149 Å². The van der Waals surface area contributed by atoms with E-state index in [0.29, 0.717) is 10.9 Å². The van der Waals surface area contributed by atoms with E-state index in [1.807, 2.05) is 37.3 Å². The lowest BCUT2D eigenvalue weighted by molar-refractivity contribution is 0.700. The maximum Gasteiger partial charge on any atom is 0.260 e. The van der Waals surface area contributed by atoms with Crippen molar-refractivity contribution in [3.63, 3.8) is 0 Å². The molecular formula is C19H17ClN2OS. The van der Waals surface area contributed by atoms with Gasteiger partial charge in [0.2, 0.25) is 0 Å². The van der Waals surface area contributed by atoms with Crippen molar-refractivity contribution in [2.45, 2.75) is 32.6 Å². The first kappa shape index (κ1) is 15.6. The molecule has 122 valence electrons. The Morgan fingerprint density at radius 3 is 3.00 bits per heavy atom. The molecule has 1 aliphatic rings. The van der Waals surface area contributed by atoms with Gasteiger partial charge in [0.25, 0.3) is 5.56 Å². The number of H-pyrrole nitrogens is 1. The molecular weight excluding hydrogens is 340 g/mol. The van der Waals surface area contributed by atoms with E-state index in [-0.39, 0.29) is 5.56 Å². The summed E-state index contributed by atoms with van der Waals surface area (Å²) in [6.07, 6.45) is 6.21. The van der Waals surface area contributed by atoms with Crippen LogP contribution in [0, 0.1) is 6.92 Å². The lowest BCUT2D eigenvalue weighted by atomic mass is 9.97. The van der Waals surface area contributed by atoms with Gasteiger partial charge in [-0.3, -0.25) is 4.79 Å². The first-order valence-electron chi connectivity index (χ1n) is 8.10. The minimum absolute atomic E-state index is 0.0785. The molecule has 4 rings (SSSR count). The first-order valence-corrected chi connectivity index (χ1v) is 9.30. The zero-order valence-corrected chi connectivity index (χ0v) is 14.9. The van der Waals surface area contributed by atoms with Crippen LogP contribution in [0.2, 0.25) is 0 Å². The van der Waals surface area contributed by atoms with E-state index in [1.54, 1.807) is 11.3 Å². The number of aromatic amines is 1. The summed E-state index contributed by atoms with van der Waals surface area (Å²) in [5.74, 6) is 0.439. The molecule has 5 heteroatoms. The van der Waals surface area contributed by atoms with Crippen LogP contribution in [0.5, 0.6) is 0 Å². The first-order chi connectivity index (χ1) is 11.6. The average molecular weight is 357 g/mol. The average Bonchev–Trinajstić information content (AvgIpc) is 2.93. The maximum atomic E-state index is 12.6. The lowest BCUT2D eigenvalue weighted by Crippen LogP contribution is -2.12. The van der Waals surface area contributed by atoms with E-state index >= 15 is 0 Å². The van der Waals surface area contributed by atoms with Crippen molar-refractivity contribution in [3.05, 3.63) is 62.0 Å². The third kappa shape index (κ3) is 2.80. The molecule has 0 spiro atoms. The summed E-state index contributed by atoms with van der Waals surface area (Å²) < 4.78 is 0. The van der Waals surface area contributed by atoms with Crippen molar-refractivity contribution in [1.82, 2.24) is 9.97 Å². The van der Waals surface area contributed by atoms with Crippen LogP contribution in [0.15, 0.2) is 29.1 Å². The van der Waals surface area contributed by atoms with Crippen LogP contribution in [-0.4, -0.2) is 9.97 Å². The third-order valence-corrected chi connectivity index (χ3v) is 5.86. The Hall–Kier alpha value is -1.91. The largest absolute Gasteiger partial charge is 0.305 e. The summed E-state index contributed by atoms with van der Waals surface area (Å²) in [5.41, 5.74) is 3.27. The third-order valence-electron chi connectivity index (χ3n) is 4.39. The summed E-state index contributed by atoms with van der Waals surface area (Å²) >= 11 is 8.06. The molecule has 1 N–H and O–H groups in total. The number of fused-ring (bicyclic) bond motifs is 3. The summed E-state index contributed by atoms with van der Waals surface area (Å²) in [6, 6.07) is 8.05. The molecule has 0 aliphatic heterocycles. The van der Waals surface area contributed by atoms with Crippen LogP contribution in [-0.2, 0) is 12.8 Å². The van der Waals surface area contributed by atoms with Crippen LogP contribution >= 0.6 is 22.9 Å². The molecule has 0 atom stereocenters. The number of hydrogen-bond acceptors (Lipinski definition) is 3. The number of aromatic nitrogens is 2. The van der Waals surface area contributed by atoms with Gasteiger partial charge in [-0.05, 0) is 49.8 Å². The van der Waals surface area contributed by atoms with Crippen molar-refractivity contribution in [3.8, 4) is 0 Å². The van der Waals surface area contributed by atoms with E-state index in [2.05, 4.69) is 9.97 Å². The quantitative estimate of drug-likeness (QED) is 0.709. The SMILES string of the molecule is Cc1cccc(/C=C(\Cl)c2nc3sc4c(c3c(=O)[nH]2)CCCC4)c1. The van der Waals surface area contributed by atoms with Gasteiger partial charge in [-0.15, -0.1) is 11.3 Å². The van der Waals surface area contributed by atoms with Crippen LogP contribution < -0.4 is 5.56 Å². The fraction of sp³-hybridized carbons (Fsp3) is 0.263. The van der Waals surface area contributed by atoms with Gasteiger partial charge in [0.05, 0.1) is 10.4 Å². The Morgan fingerprint density at radius 1 is 1.33 bits per heavy atom. The van der Waals surface area contributed by atoms with Gasteiger partial charge < -0.3 is 4.98 Å². The van der Waals surface area contributed by atoms with Crippen LogP contribution in [0.3, 0.4) is 0 Å². The number of rotatable bonds is 2. The molecule has 0 unspecified atom stereocenters. The molecule has 0 fully saturated rings. The molecule has 0 saturated heterocycles. The van der Waals surface area contributed by atoms with Gasteiger partial charge in [-0.25, -0.2) is 4.98 Å². The molecule has 3 aromatic rings. The van der Waals surface area contributed by atoms with Gasteiger partial charge in [0.15, 0.2) is 5.82 Å². The van der Waals surface area contributed by atoms with Crippen LogP contribution in [0.25, 0.3) is 21.3 Å². The van der Waals surface area contributed by atoms with E-state index in [0.717, 1.165) is 40.6 Å². The zero-order chi connectivity index (χ0) is 16.7. The number of thiophene rings is 1. The van der Waals surface area contributed by atoms with Gasteiger partial charge in [0.1, 0.15) is 4.83 Å². The normalized spacial score (nSPS) is 14.8. The van der Waals surface area contributed by atoms with Gasteiger partial charge in [-0.1, -0.05) is 41.4 Å². The molecule has 0 saturated carbocycles. The fourth-order valence-corrected chi connectivity index (χ4v) is 4.73. The summed E-state index contributed by atoms with van der Waals surface area (Å²) in [4.78, 5) is 22.2. The molecule has 0 radical (unpaired) electrons. The van der Waals surface area contributed by atoms with Gasteiger partial charge in [0, 0.05) is 4.88 Å². The van der Waals surface area contributed by atoms with E-state index in [1.165, 1.54) is 16.9 Å². The second-order valence-electron chi connectivity index (χ2n) is 6.21. The highest BCUT2D eigenvalue weighted by Crippen LogP contribution is 2.34. The van der Waals surface area contributed by atoms with Crippen molar-refractivity contribution >= 4 is 44.3 Å². The summed E-state index contributed by atoms with van der Waals surface area (Å²) in [6.45, 7) is 2.04. The molecule has 0 amide bonds. The predicted octanol–water partition coefficient (Wildman–Crippen LogP) is 4.91. The summed E-state index contributed by atoms with van der Waals surface area (Å²) in [5, 5.41) is 1.21. The Morgan fingerprint density at radius 2 is 2.17 bits per heavy atom. The lowest BCUT2D eigenvalue weighted by Gasteiger charge is -2.09. The Kier molecular flexibility index (Phi) is 4.02. The maximum absolute atomic E-state index is 12.6. The molecule has 24 heavy (non-hydrogen) atoms. The number of aryl methyl sites for hydroxylation is 3. The van der Waals surface area contributed by atoms with Gasteiger partial charge >= 0.3 is 0 Å². The number of halogens is 1. The van der Waals surface area contributed by atoms with E-state index in [4.69, 9.17) is 11.6 Å². The van der Waals surface area contributed by atoms with Crippen LogP contribution in [0.1, 0.15) is 40.2 Å². The highest BCUT2D eigenvalue weighted by Gasteiger charge is 2.20. The zero-order valence-electron chi connectivity index (χ0n) is 13.4. The predicted molar refractivity (Wildman–Crippen MR) is 102 cm³/mol. The molecule has 1 aromatic carbocycles.